The average molecular weight is 1210 g/mol. The number of carboxylic acid groups (broad SMARTS) is 2. The van der Waals surface area contributed by atoms with Gasteiger partial charge in [-0.15, -0.1) is 0 Å². The van der Waals surface area contributed by atoms with Crippen molar-refractivity contribution < 1.29 is 94.2 Å². The second kappa shape index (κ2) is 38.1. The molecule has 0 radical (unpaired) electrons. The smallest absolute Gasteiger partial charge is 0.300 e. The Morgan fingerprint density at radius 3 is 1.82 bits per heavy atom. The highest BCUT2D eigenvalue weighted by Gasteiger charge is 2.49. The van der Waals surface area contributed by atoms with E-state index >= 15 is 0 Å². The van der Waals surface area contributed by atoms with Crippen LogP contribution in [0.2, 0.25) is 0 Å². The van der Waals surface area contributed by atoms with Crippen LogP contribution in [0.15, 0.2) is 24.3 Å². The number of hydrogen-bond acceptors (Lipinski definition) is 20. The molecule has 29 nitrogen and oxygen atoms in total. The van der Waals surface area contributed by atoms with Crippen molar-refractivity contribution in [3.63, 3.8) is 0 Å². The van der Waals surface area contributed by atoms with E-state index in [0.717, 1.165) is 69.1 Å². The number of phenolic OH excluding ortho intramolecular Hbond substituents is 1. The fraction of sp³-hybridized carbons (Fsp3) is 0.732. The quantitative estimate of drug-likeness (QED) is 0.0482. The zero-order valence-electron chi connectivity index (χ0n) is 49.7. The number of rotatable bonds is 23. The van der Waals surface area contributed by atoms with Crippen LogP contribution in [-0.4, -0.2) is 226 Å². The van der Waals surface area contributed by atoms with Crippen LogP contribution in [-0.2, 0) is 43.2 Å². The molecule has 7 amide bonds. The van der Waals surface area contributed by atoms with E-state index in [1.54, 1.807) is 0 Å². The molecule has 0 aliphatic carbocycles. The summed E-state index contributed by atoms with van der Waals surface area (Å²) in [6.07, 6.45) is -6.95. The minimum Gasteiger partial charge on any atom is -0.508 e. The lowest BCUT2D eigenvalue weighted by Gasteiger charge is -2.35. The molecule has 3 aliphatic rings. The molecule has 3 fully saturated rings. The van der Waals surface area contributed by atoms with Crippen molar-refractivity contribution in [3.8, 4) is 5.75 Å². The number of nitrogens with one attached hydrogen (secondary N) is 6. The number of aromatic hydroxyl groups is 1. The van der Waals surface area contributed by atoms with Crippen LogP contribution in [0.5, 0.6) is 5.75 Å². The van der Waals surface area contributed by atoms with E-state index in [2.05, 4.69) is 52.7 Å². The maximum atomic E-state index is 14.6. The number of benzene rings is 1. The van der Waals surface area contributed by atoms with Crippen LogP contribution in [0.25, 0.3) is 0 Å². The number of aliphatic carboxylic acids is 2. The van der Waals surface area contributed by atoms with E-state index in [4.69, 9.17) is 31.3 Å². The van der Waals surface area contributed by atoms with Gasteiger partial charge in [-0.05, 0) is 68.7 Å². The summed E-state index contributed by atoms with van der Waals surface area (Å²) in [5.41, 5.74) is 11.5. The van der Waals surface area contributed by atoms with E-state index < -0.39 is 158 Å². The van der Waals surface area contributed by atoms with Gasteiger partial charge in [0, 0.05) is 59.3 Å². The maximum absolute atomic E-state index is 14.6. The first-order chi connectivity index (χ1) is 40.0. The SMILES string of the molecule is CC(=O)O.CC(=O)O.CCC(C)CC(C)CCCCCCCCC(=O)N[C@@H]1C[C@H](O)[C@@H](NCCN)NC(=O)[C@@H]2[C@@H](O)CCN2C(=O)[C@H]([C@H](O)CCN)NC(=O)C([C@H](O)[C@@H](O)c2ccc(O)cc2)NC(=O)[C@@H]2C[C@@H](O)CN2C(=O)C([C@@H](C)O)NC1=O. The summed E-state index contributed by atoms with van der Waals surface area (Å²) < 4.78 is 0. The van der Waals surface area contributed by atoms with E-state index in [9.17, 15) is 74.4 Å². The van der Waals surface area contributed by atoms with Gasteiger partial charge in [0.2, 0.25) is 41.4 Å². The largest absolute Gasteiger partial charge is 0.508 e. The number of carbonyl (C=O) groups excluding carboxylic acids is 7. The highest BCUT2D eigenvalue weighted by Crippen LogP contribution is 2.27. The van der Waals surface area contributed by atoms with E-state index in [0.29, 0.717) is 24.7 Å². The maximum Gasteiger partial charge on any atom is 0.300 e. The van der Waals surface area contributed by atoms with Crippen molar-refractivity contribution in [3.05, 3.63) is 29.8 Å². The number of fused-ring (bicyclic) bond motifs is 2. The lowest BCUT2D eigenvalue weighted by Crippen LogP contribution is -2.65. The Kier molecular flexibility index (Phi) is 33.6. The van der Waals surface area contributed by atoms with Crippen LogP contribution in [0.3, 0.4) is 0 Å². The molecular weight excluding hydrogens is 1120 g/mol. The zero-order chi connectivity index (χ0) is 64.2. The van der Waals surface area contributed by atoms with E-state index in [1.165, 1.54) is 30.7 Å². The number of phenols is 1. The Labute approximate surface area is 496 Å². The van der Waals surface area contributed by atoms with Gasteiger partial charge >= 0.3 is 0 Å². The first kappa shape index (κ1) is 74.9. The number of carboxylic acids is 2. The first-order valence-electron chi connectivity index (χ1n) is 29.2. The molecule has 4 unspecified atom stereocenters. The molecule has 0 spiro atoms. The van der Waals surface area contributed by atoms with Gasteiger partial charge in [-0.3, -0.25) is 48.5 Å². The molecule has 1 aromatic carbocycles. The van der Waals surface area contributed by atoms with Crippen LogP contribution in [0.4, 0.5) is 0 Å². The third kappa shape index (κ3) is 25.4. The van der Waals surface area contributed by atoms with Gasteiger partial charge in [0.1, 0.15) is 60.4 Å². The van der Waals surface area contributed by atoms with Crippen LogP contribution in [0, 0.1) is 11.8 Å². The average Bonchev–Trinajstić information content (AvgIpc) is 2.52. The molecule has 3 aliphatic heterocycles. The predicted octanol–water partition coefficient (Wildman–Crippen LogP) is -3.13. The molecular formula is C56H96N10O19. The molecule has 0 aromatic heterocycles. The second-order valence-electron chi connectivity index (χ2n) is 22.3. The highest BCUT2D eigenvalue weighted by molar-refractivity contribution is 5.98. The second-order valence-corrected chi connectivity index (χ2v) is 22.3. The summed E-state index contributed by atoms with van der Waals surface area (Å²) in [6, 6.07) is -6.40. The number of nitrogens with two attached hydrogens (primary N) is 2. The van der Waals surface area contributed by atoms with Gasteiger partial charge in [0.25, 0.3) is 11.9 Å². The van der Waals surface area contributed by atoms with E-state index in [-0.39, 0.29) is 56.8 Å². The van der Waals surface area contributed by atoms with Crippen LogP contribution in [0.1, 0.15) is 143 Å². The topological polar surface area (TPSA) is 487 Å². The standard InChI is InChI=1S/C52H88N10O15.2C2H4O2/c1-5-28(2)24-29(3)12-10-8-6-7-9-11-13-39(69)56-34-26-38(68)46(55-22-21-54)60-50(75)43-37(67)19-23-61(43)52(77)41(36(66)18-20-53)58-49(74)42(45(71)44(70)31-14-16-32(64)17-15-31)59-48(73)35-25-33(65)27-62(35)51(76)40(30(4)63)57-47(34)72;2*1-2(3)4/h14-17,28-30,33-38,40-46,55,63-68,70-71H,5-13,18-27,53-54H2,1-4H3,(H,56,69)(H,57,72)(H,58,74)(H,59,73)(H,60,75);2*1H3,(H,3,4)/t28?,29?,30-,33-,34-,35+,36-,37+,38+,40?,41+,42?,43+,44+,45+,46+;;/m1../s1. The summed E-state index contributed by atoms with van der Waals surface area (Å²) in [5.74, 6) is -8.10. The van der Waals surface area contributed by atoms with Crippen molar-refractivity contribution in [2.45, 2.75) is 217 Å². The Bertz CT molecular complexity index is 2270. The van der Waals surface area contributed by atoms with Crippen LogP contribution >= 0.6 is 0 Å². The normalized spacial score (nSPS) is 26.5. The van der Waals surface area contributed by atoms with Crippen molar-refractivity contribution >= 4 is 53.3 Å². The van der Waals surface area contributed by atoms with Gasteiger partial charge in [-0.2, -0.15) is 0 Å². The Morgan fingerprint density at radius 1 is 0.682 bits per heavy atom. The monoisotopic (exact) mass is 1210 g/mol. The van der Waals surface area contributed by atoms with Gasteiger partial charge in [-0.1, -0.05) is 77.8 Å². The minimum atomic E-state index is -2.28. The molecule has 20 N–H and O–H groups in total. The van der Waals surface area contributed by atoms with E-state index in [1.807, 2.05) is 0 Å². The number of aliphatic hydroxyl groups excluding tert-OH is 7. The van der Waals surface area contributed by atoms with Gasteiger partial charge in [0.05, 0.1) is 30.5 Å². The highest BCUT2D eigenvalue weighted by atomic mass is 16.4. The molecule has 85 heavy (non-hydrogen) atoms. The summed E-state index contributed by atoms with van der Waals surface area (Å²) in [4.78, 5) is 120. The van der Waals surface area contributed by atoms with Crippen molar-refractivity contribution in [2.75, 3.05) is 32.7 Å². The summed E-state index contributed by atoms with van der Waals surface area (Å²) in [6.45, 7) is 8.90. The number of nitrogens with zero attached hydrogens (tertiary/aromatic N) is 2. The number of aliphatic hydroxyl groups is 7. The lowest BCUT2D eigenvalue weighted by atomic mass is 9.91. The minimum absolute atomic E-state index is 0.0257. The predicted molar refractivity (Wildman–Crippen MR) is 307 cm³/mol. The molecule has 0 bridgehead atoms. The number of unbranched alkanes of at least 4 members (excludes halogenated alkanes) is 5. The first-order valence-corrected chi connectivity index (χ1v) is 29.2. The Morgan fingerprint density at radius 2 is 1.25 bits per heavy atom. The van der Waals surface area contributed by atoms with Gasteiger partial charge < -0.3 is 98.9 Å². The molecule has 484 valence electrons. The third-order valence-electron chi connectivity index (χ3n) is 14.9. The summed E-state index contributed by atoms with van der Waals surface area (Å²) >= 11 is 0. The fourth-order valence-corrected chi connectivity index (χ4v) is 10.2. The van der Waals surface area contributed by atoms with Gasteiger partial charge in [0.15, 0.2) is 0 Å². The Hall–Kier alpha value is -6.15. The summed E-state index contributed by atoms with van der Waals surface area (Å²) in [7, 11) is 0. The molecule has 16 atom stereocenters. The zero-order valence-corrected chi connectivity index (χ0v) is 49.7. The molecule has 4 rings (SSSR count). The number of carbonyl (C=O) groups is 9. The molecule has 0 saturated carbocycles. The van der Waals surface area contributed by atoms with Crippen molar-refractivity contribution in [1.82, 2.24) is 41.7 Å². The summed E-state index contributed by atoms with van der Waals surface area (Å²) in [5, 5.41) is 119. The molecule has 3 saturated heterocycles. The lowest BCUT2D eigenvalue weighted by molar-refractivity contribution is -0.148. The molecule has 1 aromatic rings. The number of amides is 7. The van der Waals surface area contributed by atoms with Crippen molar-refractivity contribution in [1.29, 1.82) is 0 Å². The van der Waals surface area contributed by atoms with Crippen LogP contribution < -0.4 is 43.4 Å². The van der Waals surface area contributed by atoms with Crippen molar-refractivity contribution in [2.24, 2.45) is 23.3 Å². The molecule has 3 heterocycles. The fourth-order valence-electron chi connectivity index (χ4n) is 10.2. The number of hydrogen-bond donors (Lipinski definition) is 18. The third-order valence-corrected chi connectivity index (χ3v) is 14.9. The Balaban J connectivity index is 0.00000289. The molecule has 29 heteroatoms. The van der Waals surface area contributed by atoms with Gasteiger partial charge in [-0.25, -0.2) is 0 Å².